The summed E-state index contributed by atoms with van der Waals surface area (Å²) in [6, 6.07) is 0. The van der Waals surface area contributed by atoms with Crippen LogP contribution in [0.15, 0.2) is 0 Å². The summed E-state index contributed by atoms with van der Waals surface area (Å²) in [5.74, 6) is -3.04. The van der Waals surface area contributed by atoms with E-state index in [2.05, 4.69) is 0 Å². The van der Waals surface area contributed by atoms with E-state index in [-0.39, 0.29) is 62.7 Å². The van der Waals surface area contributed by atoms with E-state index in [4.69, 9.17) is 22.3 Å². The van der Waals surface area contributed by atoms with Gasteiger partial charge in [0.05, 0.1) is 25.0 Å². The summed E-state index contributed by atoms with van der Waals surface area (Å²) in [6.45, 7) is -0.676. The van der Waals surface area contributed by atoms with E-state index in [1.54, 1.807) is 0 Å². The quantitative estimate of drug-likeness (QED) is 0.225. The third-order valence-electron chi connectivity index (χ3n) is 1.56. The summed E-state index contributed by atoms with van der Waals surface area (Å²) in [4.78, 5) is 21.7. The van der Waals surface area contributed by atoms with Crippen LogP contribution in [0, 0.1) is 10.8 Å². The van der Waals surface area contributed by atoms with Crippen LogP contribution in [-0.4, -0.2) is 98.6 Å². The monoisotopic (exact) mass is 300 g/mol. The average Bonchev–Trinajstić information content (AvgIpc) is 2.16. The maximum absolute atomic E-state index is 9.81. The number of nitrogens with zero attached hydrogens (tertiary/aromatic N) is 2. The van der Waals surface area contributed by atoms with Gasteiger partial charge in [0.15, 0.2) is 11.9 Å². The number of hydrogen-bond donors (Lipinski definition) is 4. The van der Waals surface area contributed by atoms with Crippen molar-refractivity contribution in [1.82, 2.24) is 9.80 Å². The van der Waals surface area contributed by atoms with Gasteiger partial charge in [-0.15, -0.1) is 0 Å². The van der Waals surface area contributed by atoms with E-state index in [0.717, 1.165) is 9.80 Å². The van der Waals surface area contributed by atoms with Gasteiger partial charge >= 0.3 is 37.7 Å². The molecule has 0 fully saturated rings. The van der Waals surface area contributed by atoms with Gasteiger partial charge in [0.25, 0.3) is 0 Å². The molecular formula is C8H16CaN6O4. The number of carbonyl (C=O) groups is 2. The van der Waals surface area contributed by atoms with E-state index in [1.807, 2.05) is 0 Å². The minimum absolute atomic E-state index is 0. The Morgan fingerprint density at radius 1 is 0.947 bits per heavy atom. The van der Waals surface area contributed by atoms with Gasteiger partial charge in [-0.2, -0.15) is 0 Å². The molecule has 19 heavy (non-hydrogen) atoms. The number of carboxylic acids is 2. The zero-order valence-electron chi connectivity index (χ0n) is 10.8. The minimum atomic E-state index is -1.24. The largest absolute Gasteiger partial charge is 2.00 e. The zero-order chi connectivity index (χ0) is 14.9. The van der Waals surface area contributed by atoms with Gasteiger partial charge in [-0.3, -0.25) is 10.8 Å². The number of rotatable bonds is 4. The van der Waals surface area contributed by atoms with Crippen LogP contribution in [0.4, 0.5) is 0 Å². The normalized spacial score (nSPS) is 8.11. The molecule has 0 aliphatic heterocycles. The van der Waals surface area contributed by atoms with Crippen molar-refractivity contribution in [3.63, 3.8) is 0 Å². The summed E-state index contributed by atoms with van der Waals surface area (Å²) in [6.07, 6.45) is 0. The molecule has 0 saturated heterocycles. The first-order valence-corrected chi connectivity index (χ1v) is 4.58. The molecule has 0 amide bonds. The predicted molar refractivity (Wildman–Crippen MR) is 64.9 cm³/mol. The van der Waals surface area contributed by atoms with E-state index in [9.17, 15) is 19.8 Å². The summed E-state index contributed by atoms with van der Waals surface area (Å²) in [7, 11) is 2.80. The molecular weight excluding hydrogens is 284 g/mol. The Kier molecular flexibility index (Phi) is 14.2. The van der Waals surface area contributed by atoms with Gasteiger partial charge in [0, 0.05) is 14.1 Å². The zero-order valence-corrected chi connectivity index (χ0v) is 13.0. The third-order valence-corrected chi connectivity index (χ3v) is 1.56. The molecule has 0 aromatic carbocycles. The van der Waals surface area contributed by atoms with Crippen molar-refractivity contribution in [3.8, 4) is 0 Å². The molecule has 0 bridgehead atoms. The van der Waals surface area contributed by atoms with Gasteiger partial charge in [0.1, 0.15) is 0 Å². The second-order valence-electron chi connectivity index (χ2n) is 3.23. The first-order chi connectivity index (χ1) is 8.07. The Hall–Kier alpha value is -1.26. The van der Waals surface area contributed by atoms with Crippen molar-refractivity contribution in [3.05, 3.63) is 0 Å². The summed E-state index contributed by atoms with van der Waals surface area (Å²) >= 11 is 0. The first-order valence-electron chi connectivity index (χ1n) is 4.58. The summed E-state index contributed by atoms with van der Waals surface area (Å²) < 4.78 is 0. The number of nitrogens with one attached hydrogen (secondary N) is 2. The van der Waals surface area contributed by atoms with Gasteiger partial charge in [-0.25, -0.2) is 0 Å². The fourth-order valence-electron chi connectivity index (χ4n) is 0.558. The fourth-order valence-corrected chi connectivity index (χ4v) is 0.558. The molecule has 0 rings (SSSR count). The van der Waals surface area contributed by atoms with Crippen LogP contribution in [-0.2, 0) is 9.59 Å². The Labute approximate surface area is 140 Å². The number of hydrogen-bond acceptors (Lipinski definition) is 6. The Balaban J connectivity index is -0.000000256. The summed E-state index contributed by atoms with van der Waals surface area (Å²) in [5, 5.41) is 33.0. The molecule has 11 heteroatoms. The van der Waals surface area contributed by atoms with Gasteiger partial charge in [-0.1, -0.05) is 0 Å². The molecule has 0 unspecified atom stereocenters. The van der Waals surface area contributed by atoms with E-state index < -0.39 is 11.9 Å². The first kappa shape index (κ1) is 22.9. The molecule has 6 N–H and O–H groups in total. The second-order valence-corrected chi connectivity index (χ2v) is 3.23. The minimum Gasteiger partial charge on any atom is -0.548 e. The third kappa shape index (κ3) is 16.7. The molecule has 0 radical (unpaired) electrons. The maximum Gasteiger partial charge on any atom is 2.00 e. The second kappa shape index (κ2) is 11.8. The van der Waals surface area contributed by atoms with E-state index in [0.29, 0.717) is 0 Å². The molecule has 0 aliphatic rings. The SMILES string of the molecule is CN(CC(=O)[O-])C(=N)N.CN(CC(=O)[O-])C(=N)N.[Ca+2]. The molecule has 0 spiro atoms. The standard InChI is InChI=1S/2C4H9N3O2.Ca/c2*1-7(4(5)6)2-3(8)9;/h2*2H2,1H3,(H3,5,6)(H,8,9);/q;;+2/p-2. The molecule has 0 aliphatic carbocycles. The number of guanidine groups is 2. The molecule has 0 aromatic rings. The molecule has 0 aromatic heterocycles. The van der Waals surface area contributed by atoms with E-state index in [1.165, 1.54) is 14.1 Å². The van der Waals surface area contributed by atoms with Crippen molar-refractivity contribution in [2.75, 3.05) is 27.2 Å². The maximum atomic E-state index is 9.81. The van der Waals surface area contributed by atoms with Crippen LogP contribution < -0.4 is 21.7 Å². The average molecular weight is 300 g/mol. The number of nitrogens with two attached hydrogens (primary N) is 2. The van der Waals surface area contributed by atoms with Gasteiger partial charge in [0.2, 0.25) is 0 Å². The summed E-state index contributed by atoms with van der Waals surface area (Å²) in [5.41, 5.74) is 9.80. The molecule has 104 valence electrons. The van der Waals surface area contributed by atoms with Crippen LogP contribution in [0.1, 0.15) is 0 Å². The Bertz CT molecular complexity index is 305. The predicted octanol–water partition coefficient (Wildman–Crippen LogP) is -5.26. The van der Waals surface area contributed by atoms with Crippen molar-refractivity contribution in [1.29, 1.82) is 10.8 Å². The number of carbonyl (C=O) groups excluding carboxylic acids is 2. The van der Waals surface area contributed by atoms with Crippen molar-refractivity contribution in [2.24, 2.45) is 11.5 Å². The van der Waals surface area contributed by atoms with Gasteiger partial charge < -0.3 is 41.1 Å². The number of carboxylic acid groups (broad SMARTS) is 2. The smallest absolute Gasteiger partial charge is 0.548 e. The van der Waals surface area contributed by atoms with Crippen molar-refractivity contribution < 1.29 is 19.8 Å². The van der Waals surface area contributed by atoms with Crippen LogP contribution in [0.25, 0.3) is 0 Å². The molecule has 0 heterocycles. The number of aliphatic carboxylic acids is 2. The topological polar surface area (TPSA) is 186 Å². The van der Waals surface area contributed by atoms with Crippen molar-refractivity contribution in [2.45, 2.75) is 0 Å². The number of likely N-dealkylation sites (N-methyl/N-ethyl adjacent to an activating group) is 2. The van der Waals surface area contributed by atoms with Crippen LogP contribution in [0.3, 0.4) is 0 Å². The molecule has 0 saturated carbocycles. The van der Waals surface area contributed by atoms with Crippen molar-refractivity contribution >= 4 is 61.6 Å². The molecule has 10 nitrogen and oxygen atoms in total. The Morgan fingerprint density at radius 2 is 1.16 bits per heavy atom. The van der Waals surface area contributed by atoms with Crippen LogP contribution >= 0.6 is 0 Å². The fraction of sp³-hybridized carbons (Fsp3) is 0.500. The van der Waals surface area contributed by atoms with Crippen LogP contribution in [0.2, 0.25) is 0 Å². The van der Waals surface area contributed by atoms with Crippen LogP contribution in [0.5, 0.6) is 0 Å². The van der Waals surface area contributed by atoms with E-state index >= 15 is 0 Å². The Morgan fingerprint density at radius 3 is 1.21 bits per heavy atom. The van der Waals surface area contributed by atoms with Gasteiger partial charge in [-0.05, 0) is 0 Å². The molecule has 0 atom stereocenters.